The zero-order valence-corrected chi connectivity index (χ0v) is 10.4. The molecule has 0 bridgehead atoms. The summed E-state index contributed by atoms with van der Waals surface area (Å²) in [6, 6.07) is 0.502. The minimum atomic E-state index is 0.502. The molecule has 0 spiro atoms. The topological polar surface area (TPSA) is 24.9 Å². The minimum Gasteiger partial charge on any atom is -0.309 e. The number of nitrogens with one attached hydrogen (secondary N) is 1. The Hall–Kier alpha value is -0.410. The van der Waals surface area contributed by atoms with Crippen molar-refractivity contribution in [2.75, 3.05) is 6.54 Å². The van der Waals surface area contributed by atoms with Gasteiger partial charge in [-0.2, -0.15) is 0 Å². The molecule has 0 aliphatic heterocycles. The first kappa shape index (κ1) is 11.1. The van der Waals surface area contributed by atoms with Crippen LogP contribution in [-0.2, 0) is 0 Å². The lowest BCUT2D eigenvalue weighted by Gasteiger charge is -2.15. The number of aryl methyl sites for hydroxylation is 1. The van der Waals surface area contributed by atoms with E-state index in [0.29, 0.717) is 6.04 Å². The SMILES string of the molecule is CCCNC(CC1CC1)c1csc(C)n1. The summed E-state index contributed by atoms with van der Waals surface area (Å²) < 4.78 is 0. The molecule has 1 atom stereocenters. The van der Waals surface area contributed by atoms with Crippen molar-refractivity contribution in [1.29, 1.82) is 0 Å². The number of hydrogen-bond donors (Lipinski definition) is 1. The number of aromatic nitrogens is 1. The molecule has 1 aromatic rings. The molecule has 1 fully saturated rings. The minimum absolute atomic E-state index is 0.502. The Bertz CT molecular complexity index is 304. The maximum atomic E-state index is 4.60. The fourth-order valence-corrected chi connectivity index (χ4v) is 2.52. The van der Waals surface area contributed by atoms with E-state index in [4.69, 9.17) is 0 Å². The third-order valence-corrected chi connectivity index (χ3v) is 3.69. The van der Waals surface area contributed by atoms with E-state index in [1.807, 2.05) is 0 Å². The summed E-state index contributed by atoms with van der Waals surface area (Å²) in [5.41, 5.74) is 1.26. The van der Waals surface area contributed by atoms with Gasteiger partial charge in [0.25, 0.3) is 0 Å². The quantitative estimate of drug-likeness (QED) is 0.802. The van der Waals surface area contributed by atoms with Crippen LogP contribution in [0.25, 0.3) is 0 Å². The molecule has 1 N–H and O–H groups in total. The second-order valence-corrected chi connectivity index (χ2v) is 5.54. The van der Waals surface area contributed by atoms with Crippen molar-refractivity contribution in [2.24, 2.45) is 5.92 Å². The van der Waals surface area contributed by atoms with Crippen molar-refractivity contribution in [3.8, 4) is 0 Å². The summed E-state index contributed by atoms with van der Waals surface area (Å²) in [7, 11) is 0. The molecule has 1 saturated carbocycles. The van der Waals surface area contributed by atoms with Gasteiger partial charge in [0.05, 0.1) is 16.7 Å². The van der Waals surface area contributed by atoms with Crippen molar-refractivity contribution in [1.82, 2.24) is 10.3 Å². The van der Waals surface area contributed by atoms with Gasteiger partial charge in [0.15, 0.2) is 0 Å². The lowest BCUT2D eigenvalue weighted by Crippen LogP contribution is -2.23. The van der Waals surface area contributed by atoms with Crippen LogP contribution in [0.2, 0.25) is 0 Å². The van der Waals surface area contributed by atoms with E-state index in [1.54, 1.807) is 11.3 Å². The van der Waals surface area contributed by atoms with Crippen LogP contribution in [0.5, 0.6) is 0 Å². The smallest absolute Gasteiger partial charge is 0.0898 e. The zero-order valence-electron chi connectivity index (χ0n) is 9.62. The number of thiazole rings is 1. The highest BCUT2D eigenvalue weighted by Gasteiger charge is 2.26. The van der Waals surface area contributed by atoms with Crippen molar-refractivity contribution in [3.05, 3.63) is 16.1 Å². The highest BCUT2D eigenvalue weighted by atomic mass is 32.1. The van der Waals surface area contributed by atoms with Crippen molar-refractivity contribution in [3.63, 3.8) is 0 Å². The van der Waals surface area contributed by atoms with Gasteiger partial charge in [-0.25, -0.2) is 4.98 Å². The van der Waals surface area contributed by atoms with Crippen LogP contribution in [-0.4, -0.2) is 11.5 Å². The maximum Gasteiger partial charge on any atom is 0.0898 e. The Morgan fingerprint density at radius 3 is 2.93 bits per heavy atom. The number of hydrogen-bond acceptors (Lipinski definition) is 3. The average molecular weight is 224 g/mol. The first-order valence-corrected chi connectivity index (χ1v) is 6.83. The molecule has 2 rings (SSSR count). The van der Waals surface area contributed by atoms with Crippen LogP contribution in [0.4, 0.5) is 0 Å². The van der Waals surface area contributed by atoms with Crippen LogP contribution in [0.1, 0.15) is 49.4 Å². The largest absolute Gasteiger partial charge is 0.309 e. The van der Waals surface area contributed by atoms with E-state index in [-0.39, 0.29) is 0 Å². The van der Waals surface area contributed by atoms with E-state index < -0.39 is 0 Å². The molecular formula is C12H20N2S. The second kappa shape index (κ2) is 5.08. The van der Waals surface area contributed by atoms with Gasteiger partial charge in [-0.1, -0.05) is 19.8 Å². The van der Waals surface area contributed by atoms with Gasteiger partial charge in [0.1, 0.15) is 0 Å². The highest BCUT2D eigenvalue weighted by molar-refractivity contribution is 7.09. The van der Waals surface area contributed by atoms with Crippen molar-refractivity contribution >= 4 is 11.3 Å². The highest BCUT2D eigenvalue weighted by Crippen LogP contribution is 2.37. The monoisotopic (exact) mass is 224 g/mol. The zero-order chi connectivity index (χ0) is 10.7. The summed E-state index contributed by atoms with van der Waals surface area (Å²) in [6.45, 7) is 5.41. The maximum absolute atomic E-state index is 4.60. The van der Waals surface area contributed by atoms with Crippen LogP contribution < -0.4 is 5.32 Å². The van der Waals surface area contributed by atoms with E-state index in [2.05, 4.69) is 29.5 Å². The number of rotatable bonds is 6. The van der Waals surface area contributed by atoms with Gasteiger partial charge in [0.2, 0.25) is 0 Å². The molecule has 0 amide bonds. The third kappa shape index (κ3) is 3.28. The Morgan fingerprint density at radius 2 is 2.40 bits per heavy atom. The fourth-order valence-electron chi connectivity index (χ4n) is 1.85. The summed E-state index contributed by atoms with van der Waals surface area (Å²) in [5, 5.41) is 7.01. The van der Waals surface area contributed by atoms with Gasteiger partial charge in [-0.3, -0.25) is 0 Å². The second-order valence-electron chi connectivity index (χ2n) is 4.48. The summed E-state index contributed by atoms with van der Waals surface area (Å²) in [5.74, 6) is 0.960. The van der Waals surface area contributed by atoms with Crippen LogP contribution in [0, 0.1) is 12.8 Å². The molecule has 0 saturated heterocycles. The molecule has 2 nitrogen and oxygen atoms in total. The third-order valence-electron chi connectivity index (χ3n) is 2.90. The molecule has 15 heavy (non-hydrogen) atoms. The van der Waals surface area contributed by atoms with Gasteiger partial charge in [-0.05, 0) is 32.2 Å². The first-order valence-electron chi connectivity index (χ1n) is 5.95. The van der Waals surface area contributed by atoms with Gasteiger partial charge >= 0.3 is 0 Å². The molecule has 84 valence electrons. The Morgan fingerprint density at radius 1 is 1.60 bits per heavy atom. The molecule has 1 unspecified atom stereocenters. The Balaban J connectivity index is 1.96. The fraction of sp³-hybridized carbons (Fsp3) is 0.750. The van der Waals surface area contributed by atoms with Gasteiger partial charge in [0, 0.05) is 5.38 Å². The van der Waals surface area contributed by atoms with Gasteiger partial charge < -0.3 is 5.32 Å². The predicted octanol–water partition coefficient (Wildman–Crippen LogP) is 3.29. The summed E-state index contributed by atoms with van der Waals surface area (Å²) >= 11 is 1.76. The van der Waals surface area contributed by atoms with Crippen molar-refractivity contribution in [2.45, 2.75) is 45.6 Å². The lowest BCUT2D eigenvalue weighted by atomic mass is 10.1. The van der Waals surface area contributed by atoms with Crippen LogP contribution >= 0.6 is 11.3 Å². The summed E-state index contributed by atoms with van der Waals surface area (Å²) in [6.07, 6.45) is 5.33. The molecule has 1 heterocycles. The average Bonchev–Trinajstić information content (AvgIpc) is 2.94. The summed E-state index contributed by atoms with van der Waals surface area (Å²) in [4.78, 5) is 4.60. The van der Waals surface area contributed by atoms with E-state index in [1.165, 1.54) is 36.4 Å². The van der Waals surface area contributed by atoms with E-state index in [9.17, 15) is 0 Å². The Labute approximate surface area is 96.1 Å². The van der Waals surface area contributed by atoms with E-state index >= 15 is 0 Å². The molecular weight excluding hydrogens is 204 g/mol. The molecule has 1 aliphatic carbocycles. The van der Waals surface area contributed by atoms with Crippen molar-refractivity contribution < 1.29 is 0 Å². The molecule has 0 radical (unpaired) electrons. The number of nitrogens with zero attached hydrogens (tertiary/aromatic N) is 1. The predicted molar refractivity (Wildman–Crippen MR) is 65.2 cm³/mol. The van der Waals surface area contributed by atoms with E-state index in [0.717, 1.165) is 12.5 Å². The first-order chi connectivity index (χ1) is 7.29. The van der Waals surface area contributed by atoms with Crippen LogP contribution in [0.15, 0.2) is 5.38 Å². The lowest BCUT2D eigenvalue weighted by molar-refractivity contribution is 0.466. The van der Waals surface area contributed by atoms with Crippen LogP contribution in [0.3, 0.4) is 0 Å². The molecule has 1 aliphatic rings. The standard InChI is InChI=1S/C12H20N2S/c1-3-6-13-11(7-10-4-5-10)12-8-15-9(2)14-12/h8,10-11,13H,3-7H2,1-2H3. The normalized spacial score (nSPS) is 18.0. The molecule has 1 aromatic heterocycles. The molecule has 0 aromatic carbocycles. The van der Waals surface area contributed by atoms with Gasteiger partial charge in [-0.15, -0.1) is 11.3 Å². The molecule has 3 heteroatoms. The Kier molecular flexibility index (Phi) is 3.76.